The van der Waals surface area contributed by atoms with Crippen LogP contribution in [0.2, 0.25) is 0 Å². The molecule has 0 saturated heterocycles. The minimum absolute atomic E-state index is 0.0539. The molecule has 0 radical (unpaired) electrons. The van der Waals surface area contributed by atoms with E-state index in [2.05, 4.69) is 26.1 Å². The number of nitrogens with one attached hydrogen (secondary N) is 1. The van der Waals surface area contributed by atoms with E-state index in [0.29, 0.717) is 50.9 Å². The lowest BCUT2D eigenvalue weighted by atomic mass is 10.1. The molecule has 2 amide bonds. The second kappa shape index (κ2) is 13.8. The summed E-state index contributed by atoms with van der Waals surface area (Å²) in [4.78, 5) is 25.3. The molecule has 0 saturated carbocycles. The van der Waals surface area contributed by atoms with E-state index in [4.69, 9.17) is 9.47 Å². The fourth-order valence-electron chi connectivity index (χ4n) is 2.83. The summed E-state index contributed by atoms with van der Waals surface area (Å²) in [6.07, 6.45) is 1.48. The number of amides is 2. The summed E-state index contributed by atoms with van der Waals surface area (Å²) in [7, 11) is 0. The van der Waals surface area contributed by atoms with Gasteiger partial charge in [-0.3, -0.25) is 0 Å². The Kier molecular flexibility index (Phi) is 11.8. The van der Waals surface area contributed by atoms with Crippen LogP contribution in [0, 0.1) is 5.92 Å². The van der Waals surface area contributed by atoms with Crippen LogP contribution in [0.5, 0.6) is 5.75 Å². The topological polar surface area (TPSA) is 88.1 Å². The van der Waals surface area contributed by atoms with E-state index in [1.54, 1.807) is 11.8 Å². The number of carbonyl (C=O) groups excluding carboxylic acids is 1. The van der Waals surface area contributed by atoms with Crippen LogP contribution in [0.15, 0.2) is 24.3 Å². The lowest BCUT2D eigenvalue weighted by molar-refractivity contribution is -0.149. The van der Waals surface area contributed by atoms with Crippen LogP contribution in [-0.2, 0) is 16.0 Å². The zero-order valence-electron chi connectivity index (χ0n) is 18.1. The van der Waals surface area contributed by atoms with Gasteiger partial charge in [-0.25, -0.2) is 9.59 Å². The maximum Gasteiger partial charge on any atom is 0.333 e. The highest BCUT2D eigenvalue weighted by atomic mass is 16.5. The number of unbranched alkanes of at least 4 members (excludes halogenated alkanes) is 1. The maximum atomic E-state index is 12.4. The summed E-state index contributed by atoms with van der Waals surface area (Å²) in [5.74, 6) is 0.0984. The monoisotopic (exact) mass is 408 g/mol. The summed E-state index contributed by atoms with van der Waals surface area (Å²) in [6.45, 7) is 10.6. The zero-order chi connectivity index (χ0) is 21.6. The van der Waals surface area contributed by atoms with E-state index in [1.165, 1.54) is 0 Å². The van der Waals surface area contributed by atoms with Gasteiger partial charge in [0.05, 0.1) is 6.54 Å². The molecule has 164 valence electrons. The Balaban J connectivity index is 2.53. The van der Waals surface area contributed by atoms with E-state index >= 15 is 0 Å². The zero-order valence-corrected chi connectivity index (χ0v) is 18.1. The number of hydrogen-bond acceptors (Lipinski definition) is 4. The number of carbonyl (C=O) groups is 2. The molecule has 1 rings (SSSR count). The third-order valence-corrected chi connectivity index (χ3v) is 4.30. The van der Waals surface area contributed by atoms with Gasteiger partial charge in [-0.2, -0.15) is 0 Å². The van der Waals surface area contributed by atoms with Gasteiger partial charge < -0.3 is 24.8 Å². The summed E-state index contributed by atoms with van der Waals surface area (Å²) in [6, 6.07) is 7.26. The van der Waals surface area contributed by atoms with Gasteiger partial charge in [-0.1, -0.05) is 39.3 Å². The first-order valence-corrected chi connectivity index (χ1v) is 10.5. The molecule has 0 bridgehead atoms. The SMILES string of the molecule is CCCCNC(=O)N(CCOc1ccc(CC(OCC)C(=O)O)cc1)CC(C)C. The van der Waals surface area contributed by atoms with E-state index in [-0.39, 0.29) is 6.03 Å². The van der Waals surface area contributed by atoms with E-state index in [0.717, 1.165) is 18.4 Å². The van der Waals surface area contributed by atoms with Crippen LogP contribution in [0.1, 0.15) is 46.1 Å². The Bertz CT molecular complexity index is 604. The lowest BCUT2D eigenvalue weighted by Crippen LogP contribution is -2.44. The number of hydrogen-bond donors (Lipinski definition) is 2. The molecule has 29 heavy (non-hydrogen) atoms. The van der Waals surface area contributed by atoms with Gasteiger partial charge in [0, 0.05) is 26.1 Å². The molecule has 0 aromatic heterocycles. The smallest absolute Gasteiger partial charge is 0.333 e. The molecule has 0 fully saturated rings. The standard InChI is InChI=1S/C22H36N2O5/c1-5-7-12-23-22(27)24(16-17(3)4)13-14-29-19-10-8-18(9-11-19)15-20(21(25)26)28-6-2/h8-11,17,20H,5-7,12-16H2,1-4H3,(H,23,27)(H,25,26). The molecule has 2 N–H and O–H groups in total. The van der Waals surface area contributed by atoms with Crippen molar-refractivity contribution in [2.75, 3.05) is 32.8 Å². The summed E-state index contributed by atoms with van der Waals surface area (Å²) in [5.41, 5.74) is 0.870. The number of urea groups is 1. The average molecular weight is 409 g/mol. The Labute approximate surface area is 174 Å². The highest BCUT2D eigenvalue weighted by molar-refractivity contribution is 5.74. The highest BCUT2D eigenvalue weighted by Gasteiger charge is 2.18. The molecule has 1 aromatic carbocycles. The summed E-state index contributed by atoms with van der Waals surface area (Å²) in [5, 5.41) is 12.1. The number of nitrogens with zero attached hydrogens (tertiary/aromatic N) is 1. The molecule has 0 aliphatic heterocycles. The number of rotatable bonds is 14. The third-order valence-electron chi connectivity index (χ3n) is 4.30. The molecule has 7 nitrogen and oxygen atoms in total. The molecule has 1 unspecified atom stereocenters. The molecular weight excluding hydrogens is 372 g/mol. The number of carboxylic acid groups (broad SMARTS) is 1. The second-order valence-corrected chi connectivity index (χ2v) is 7.40. The Hall–Kier alpha value is -2.28. The predicted molar refractivity (Wildman–Crippen MR) is 113 cm³/mol. The van der Waals surface area contributed by atoms with Gasteiger partial charge in [0.25, 0.3) is 0 Å². The van der Waals surface area contributed by atoms with Crippen LogP contribution in [-0.4, -0.2) is 61.0 Å². The van der Waals surface area contributed by atoms with Crippen LogP contribution >= 0.6 is 0 Å². The number of benzene rings is 1. The first-order valence-electron chi connectivity index (χ1n) is 10.5. The van der Waals surface area contributed by atoms with Crippen molar-refractivity contribution in [2.45, 2.75) is 53.1 Å². The molecule has 1 aromatic rings. The van der Waals surface area contributed by atoms with E-state index in [9.17, 15) is 14.7 Å². The summed E-state index contributed by atoms with van der Waals surface area (Å²) >= 11 is 0. The highest BCUT2D eigenvalue weighted by Crippen LogP contribution is 2.15. The molecule has 0 spiro atoms. The van der Waals surface area contributed by atoms with Crippen molar-refractivity contribution < 1.29 is 24.2 Å². The average Bonchev–Trinajstić information content (AvgIpc) is 2.67. The van der Waals surface area contributed by atoms with Crippen molar-refractivity contribution in [1.82, 2.24) is 10.2 Å². The van der Waals surface area contributed by atoms with Crippen LogP contribution < -0.4 is 10.1 Å². The van der Waals surface area contributed by atoms with E-state index in [1.807, 2.05) is 24.3 Å². The van der Waals surface area contributed by atoms with Gasteiger partial charge >= 0.3 is 12.0 Å². The van der Waals surface area contributed by atoms with Crippen LogP contribution in [0.3, 0.4) is 0 Å². The molecular formula is C22H36N2O5. The lowest BCUT2D eigenvalue weighted by Gasteiger charge is -2.25. The fourth-order valence-corrected chi connectivity index (χ4v) is 2.83. The van der Waals surface area contributed by atoms with Crippen LogP contribution in [0.25, 0.3) is 0 Å². The van der Waals surface area contributed by atoms with Gasteiger partial charge in [-0.05, 0) is 37.0 Å². The quantitative estimate of drug-likeness (QED) is 0.460. The number of carboxylic acids is 1. The molecule has 7 heteroatoms. The largest absolute Gasteiger partial charge is 0.492 e. The Morgan fingerprint density at radius 3 is 2.41 bits per heavy atom. The maximum absolute atomic E-state index is 12.4. The number of aliphatic carboxylic acids is 1. The minimum atomic E-state index is -0.963. The van der Waals surface area contributed by atoms with Crippen molar-refractivity contribution in [1.29, 1.82) is 0 Å². The molecule has 0 aliphatic rings. The van der Waals surface area contributed by atoms with E-state index < -0.39 is 12.1 Å². The van der Waals surface area contributed by atoms with Gasteiger partial charge in [0.15, 0.2) is 6.10 Å². The fraction of sp³-hybridized carbons (Fsp3) is 0.636. The first-order chi connectivity index (χ1) is 13.9. The van der Waals surface area contributed by atoms with Gasteiger partial charge in [0.1, 0.15) is 12.4 Å². The van der Waals surface area contributed by atoms with Crippen molar-refractivity contribution in [2.24, 2.45) is 5.92 Å². The Morgan fingerprint density at radius 2 is 1.86 bits per heavy atom. The summed E-state index contributed by atoms with van der Waals surface area (Å²) < 4.78 is 11.0. The van der Waals surface area contributed by atoms with Crippen molar-refractivity contribution >= 4 is 12.0 Å². The first kappa shape index (κ1) is 24.8. The van der Waals surface area contributed by atoms with Gasteiger partial charge in [-0.15, -0.1) is 0 Å². The molecule has 0 aliphatic carbocycles. The molecule has 0 heterocycles. The second-order valence-electron chi connectivity index (χ2n) is 7.40. The Morgan fingerprint density at radius 1 is 1.17 bits per heavy atom. The molecule has 1 atom stereocenters. The third kappa shape index (κ3) is 10.2. The van der Waals surface area contributed by atoms with Gasteiger partial charge in [0.2, 0.25) is 0 Å². The van der Waals surface area contributed by atoms with Crippen molar-refractivity contribution in [3.63, 3.8) is 0 Å². The predicted octanol–water partition coefficient (Wildman–Crippen LogP) is 3.57. The van der Waals surface area contributed by atoms with Crippen molar-refractivity contribution in [3.8, 4) is 5.75 Å². The van der Waals surface area contributed by atoms with Crippen molar-refractivity contribution in [3.05, 3.63) is 29.8 Å². The normalized spacial score (nSPS) is 11.9. The number of ether oxygens (including phenoxy) is 2. The van der Waals surface area contributed by atoms with Crippen LogP contribution in [0.4, 0.5) is 4.79 Å². The minimum Gasteiger partial charge on any atom is -0.492 e.